The first kappa shape index (κ1) is 23.6. The molecule has 0 aliphatic carbocycles. The van der Waals surface area contributed by atoms with Crippen molar-refractivity contribution in [1.29, 1.82) is 0 Å². The fraction of sp³-hybridized carbons (Fsp3) is 0.625. The fourth-order valence-electron chi connectivity index (χ4n) is 2.44. The third-order valence-corrected chi connectivity index (χ3v) is 3.81. The van der Waals surface area contributed by atoms with Crippen LogP contribution in [-0.2, 0) is 26.7 Å². The van der Waals surface area contributed by atoms with Gasteiger partial charge in [-0.2, -0.15) is 6.20 Å². The molecule has 1 fully saturated rings. The molecule has 2 aliphatic heterocycles. The van der Waals surface area contributed by atoms with Crippen molar-refractivity contribution in [3.05, 3.63) is 41.2 Å². The SMILES string of the molecule is [Cu].[NH-]C(CC1C=CC=C[N-]1)C(=O)O.[NH-]C(CC1CCCCN1)C(=O)O. The standard InChI is InChI=1S/C8H15N2O2.C8H10N2O2.Cu/c2*9-7(8(11)12)5-6-3-1-2-4-10-6;/h6-7,9-10H,1-5H2,(H,11,12);1-4,6-7,9H,5H2,(H,11,12);/q-1;-2;. The van der Waals surface area contributed by atoms with Gasteiger partial charge in [0.1, 0.15) is 0 Å². The molecule has 2 heterocycles. The van der Waals surface area contributed by atoms with Crippen LogP contribution in [0.25, 0.3) is 16.8 Å². The van der Waals surface area contributed by atoms with E-state index in [1.807, 2.05) is 6.08 Å². The van der Waals surface area contributed by atoms with Gasteiger partial charge in [0.25, 0.3) is 11.9 Å². The minimum atomic E-state index is -1.09. The van der Waals surface area contributed by atoms with E-state index in [1.54, 1.807) is 18.4 Å². The summed E-state index contributed by atoms with van der Waals surface area (Å²) in [5.41, 5.74) is 14.4. The quantitative estimate of drug-likeness (QED) is 0.586. The minimum absolute atomic E-state index is 0. The Kier molecular flexibility index (Phi) is 12.2. The average molecular weight is 401 g/mol. The largest absolute Gasteiger partial charge is 0.685 e. The molecule has 2 aliphatic rings. The molecule has 0 amide bonds. The number of carboxylic acids is 2. The first-order valence-corrected chi connectivity index (χ1v) is 8.04. The molecule has 4 unspecified atom stereocenters. The summed E-state index contributed by atoms with van der Waals surface area (Å²) in [6.07, 6.45) is 11.0. The molecule has 1 saturated heterocycles. The van der Waals surface area contributed by atoms with Gasteiger partial charge in [0.2, 0.25) is 0 Å². The summed E-state index contributed by atoms with van der Waals surface area (Å²) in [6, 6.07) is -1.93. The first-order chi connectivity index (χ1) is 11.4. The normalized spacial score (nSPS) is 23.9. The Bertz CT molecular complexity index is 467. The maximum atomic E-state index is 10.4. The summed E-state index contributed by atoms with van der Waals surface area (Å²) in [6.45, 7) is 0.969. The van der Waals surface area contributed by atoms with E-state index in [0.29, 0.717) is 6.42 Å². The first-order valence-electron chi connectivity index (χ1n) is 8.04. The Morgan fingerprint density at radius 2 is 1.76 bits per heavy atom. The van der Waals surface area contributed by atoms with Crippen molar-refractivity contribution >= 4 is 11.9 Å². The molecule has 25 heavy (non-hydrogen) atoms. The summed E-state index contributed by atoms with van der Waals surface area (Å²) in [5, 5.41) is 24.2. The average Bonchev–Trinajstić information content (AvgIpc) is 2.57. The van der Waals surface area contributed by atoms with Gasteiger partial charge in [-0.25, -0.2) is 0 Å². The topological polar surface area (TPSA) is 148 Å². The Labute approximate surface area is 158 Å². The molecule has 8 nitrogen and oxygen atoms in total. The smallest absolute Gasteiger partial charge is 0.285 e. The van der Waals surface area contributed by atoms with Crippen LogP contribution in [0.2, 0.25) is 0 Å². The van der Waals surface area contributed by atoms with Crippen molar-refractivity contribution in [3.8, 4) is 0 Å². The summed E-state index contributed by atoms with van der Waals surface area (Å²) in [4.78, 5) is 20.7. The number of nitrogens with zero attached hydrogens (tertiary/aromatic N) is 1. The van der Waals surface area contributed by atoms with Crippen LogP contribution in [0.4, 0.5) is 0 Å². The zero-order chi connectivity index (χ0) is 17.9. The Hall–Kier alpha value is -1.38. The molecular formula is C16H25CuN4O4-3. The number of aliphatic carboxylic acids is 2. The second-order valence-corrected chi connectivity index (χ2v) is 5.84. The molecule has 0 saturated carbocycles. The molecule has 0 bridgehead atoms. The summed E-state index contributed by atoms with van der Waals surface area (Å²) < 4.78 is 0. The van der Waals surface area contributed by atoms with Crippen LogP contribution in [0.5, 0.6) is 0 Å². The van der Waals surface area contributed by atoms with Gasteiger partial charge in [0.15, 0.2) is 0 Å². The molecule has 0 spiro atoms. The third-order valence-electron chi connectivity index (χ3n) is 3.81. The van der Waals surface area contributed by atoms with Crippen LogP contribution < -0.4 is 5.32 Å². The van der Waals surface area contributed by atoms with Crippen molar-refractivity contribution < 1.29 is 36.9 Å². The van der Waals surface area contributed by atoms with Crippen LogP contribution in [0.15, 0.2) is 24.4 Å². The molecule has 0 aromatic rings. The number of carbonyl (C=O) groups is 2. The number of rotatable bonds is 6. The van der Waals surface area contributed by atoms with E-state index < -0.39 is 24.0 Å². The van der Waals surface area contributed by atoms with Gasteiger partial charge in [-0.15, -0.1) is 6.04 Å². The van der Waals surface area contributed by atoms with E-state index in [2.05, 4.69) is 10.6 Å². The molecule has 2 rings (SSSR count). The number of hydrogen-bond donors (Lipinski definition) is 3. The van der Waals surface area contributed by atoms with Gasteiger partial charge >= 0.3 is 0 Å². The molecule has 9 heteroatoms. The van der Waals surface area contributed by atoms with Gasteiger partial charge in [-0.1, -0.05) is 31.1 Å². The predicted octanol–water partition coefficient (Wildman–Crippen LogP) is 2.73. The van der Waals surface area contributed by atoms with Crippen LogP contribution in [0.3, 0.4) is 0 Å². The number of carboxylic acid groups (broad SMARTS) is 2. The molecule has 1 radical (unpaired) electrons. The van der Waals surface area contributed by atoms with Gasteiger partial charge in [-0.05, 0) is 37.9 Å². The van der Waals surface area contributed by atoms with Crippen molar-refractivity contribution in [3.63, 3.8) is 0 Å². The van der Waals surface area contributed by atoms with Gasteiger partial charge in [0, 0.05) is 23.1 Å². The van der Waals surface area contributed by atoms with E-state index in [0.717, 1.165) is 19.4 Å². The number of hydrogen-bond acceptors (Lipinski definition) is 3. The summed E-state index contributed by atoms with van der Waals surface area (Å²) in [7, 11) is 0. The number of nitrogens with one attached hydrogen (secondary N) is 3. The molecule has 0 aromatic heterocycles. The molecule has 147 valence electrons. The minimum Gasteiger partial charge on any atom is -0.685 e. The van der Waals surface area contributed by atoms with Crippen LogP contribution in [-0.4, -0.2) is 52.9 Å². The molecule has 4 atom stereocenters. The third kappa shape index (κ3) is 10.3. The van der Waals surface area contributed by atoms with Crippen LogP contribution in [0.1, 0.15) is 32.1 Å². The second-order valence-electron chi connectivity index (χ2n) is 5.84. The van der Waals surface area contributed by atoms with E-state index in [1.165, 1.54) is 6.42 Å². The predicted molar refractivity (Wildman–Crippen MR) is 91.8 cm³/mol. The zero-order valence-corrected chi connectivity index (χ0v) is 14.8. The summed E-state index contributed by atoms with van der Waals surface area (Å²) in [5.74, 6) is -2.10. The second kappa shape index (κ2) is 12.9. The van der Waals surface area contributed by atoms with Crippen molar-refractivity contribution in [1.82, 2.24) is 5.32 Å². The van der Waals surface area contributed by atoms with E-state index in [-0.39, 0.29) is 35.6 Å². The number of piperidine rings is 1. The summed E-state index contributed by atoms with van der Waals surface area (Å²) >= 11 is 0. The maximum Gasteiger partial charge on any atom is 0.285 e. The molecule has 5 N–H and O–H groups in total. The number of allylic oxidation sites excluding steroid dienone is 2. The molecule has 0 aromatic carbocycles. The van der Waals surface area contributed by atoms with Gasteiger partial charge in [-0.3, -0.25) is 9.59 Å². The van der Waals surface area contributed by atoms with Crippen molar-refractivity contribution in [2.24, 2.45) is 0 Å². The van der Waals surface area contributed by atoms with E-state index in [4.69, 9.17) is 21.7 Å². The van der Waals surface area contributed by atoms with Crippen LogP contribution >= 0.6 is 0 Å². The Balaban J connectivity index is 0.000000443. The molecular weight excluding hydrogens is 376 g/mol. The fourth-order valence-corrected chi connectivity index (χ4v) is 2.44. The van der Waals surface area contributed by atoms with Gasteiger partial charge < -0.3 is 32.3 Å². The van der Waals surface area contributed by atoms with E-state index >= 15 is 0 Å². The Morgan fingerprint density at radius 3 is 2.24 bits per heavy atom. The van der Waals surface area contributed by atoms with E-state index in [9.17, 15) is 9.59 Å². The zero-order valence-electron chi connectivity index (χ0n) is 13.8. The van der Waals surface area contributed by atoms with Crippen LogP contribution in [0, 0.1) is 0 Å². The maximum absolute atomic E-state index is 10.4. The van der Waals surface area contributed by atoms with Gasteiger partial charge in [0.05, 0.1) is 0 Å². The van der Waals surface area contributed by atoms with Crippen molar-refractivity contribution in [2.45, 2.75) is 56.3 Å². The Morgan fingerprint density at radius 1 is 1.12 bits per heavy atom. The van der Waals surface area contributed by atoms with Crippen molar-refractivity contribution in [2.75, 3.05) is 6.54 Å². The monoisotopic (exact) mass is 400 g/mol.